The summed E-state index contributed by atoms with van der Waals surface area (Å²) in [5.41, 5.74) is 6.67. The van der Waals surface area contributed by atoms with Gasteiger partial charge in [-0.25, -0.2) is 0 Å². The van der Waals surface area contributed by atoms with E-state index >= 15 is 0 Å². The van der Waals surface area contributed by atoms with Crippen molar-refractivity contribution in [2.24, 2.45) is 17.6 Å². The van der Waals surface area contributed by atoms with Gasteiger partial charge in [-0.05, 0) is 51.8 Å². The molecular formula is C11H18BrNOS. The van der Waals surface area contributed by atoms with Crippen LogP contribution in [0.1, 0.15) is 31.9 Å². The maximum atomic E-state index is 10.1. The van der Waals surface area contributed by atoms with Gasteiger partial charge in [0.05, 0.1) is 9.89 Å². The van der Waals surface area contributed by atoms with E-state index in [-0.39, 0.29) is 5.92 Å². The second-order valence-electron chi connectivity index (χ2n) is 4.25. The molecule has 0 aromatic carbocycles. The first-order chi connectivity index (χ1) is 7.04. The Morgan fingerprint density at radius 2 is 2.20 bits per heavy atom. The molecule has 1 rings (SSSR count). The van der Waals surface area contributed by atoms with Crippen molar-refractivity contribution >= 4 is 27.3 Å². The number of aliphatic hydroxyl groups is 1. The molecule has 0 saturated carbocycles. The van der Waals surface area contributed by atoms with Gasteiger partial charge in [0.15, 0.2) is 0 Å². The van der Waals surface area contributed by atoms with Crippen molar-refractivity contribution in [3.63, 3.8) is 0 Å². The molecule has 1 aromatic heterocycles. The monoisotopic (exact) mass is 291 g/mol. The van der Waals surface area contributed by atoms with Crippen LogP contribution in [-0.2, 0) is 0 Å². The van der Waals surface area contributed by atoms with Gasteiger partial charge in [-0.1, -0.05) is 13.8 Å². The largest absolute Gasteiger partial charge is 0.388 e. The van der Waals surface area contributed by atoms with Crippen molar-refractivity contribution < 1.29 is 5.11 Å². The first kappa shape index (κ1) is 13.2. The van der Waals surface area contributed by atoms with Gasteiger partial charge in [0.25, 0.3) is 0 Å². The lowest BCUT2D eigenvalue weighted by Crippen LogP contribution is -2.23. The van der Waals surface area contributed by atoms with E-state index in [9.17, 15) is 5.11 Å². The van der Waals surface area contributed by atoms with E-state index in [1.807, 2.05) is 11.4 Å². The lowest BCUT2D eigenvalue weighted by atomic mass is 9.89. The van der Waals surface area contributed by atoms with E-state index in [1.54, 1.807) is 11.3 Å². The third-order valence-electron chi connectivity index (χ3n) is 2.45. The first-order valence-electron chi connectivity index (χ1n) is 5.16. The molecule has 0 radical (unpaired) electrons. The molecule has 0 amide bonds. The molecule has 4 heteroatoms. The Bertz CT molecular complexity index is 301. The number of aliphatic hydroxyl groups excluding tert-OH is 1. The number of halogens is 1. The average Bonchev–Trinajstić information content (AvgIpc) is 2.60. The fourth-order valence-corrected chi connectivity index (χ4v) is 2.92. The maximum absolute atomic E-state index is 10.1. The normalized spacial score (nSPS) is 15.6. The van der Waals surface area contributed by atoms with Gasteiger partial charge in [0.2, 0.25) is 0 Å². The van der Waals surface area contributed by atoms with Gasteiger partial charge >= 0.3 is 0 Å². The van der Waals surface area contributed by atoms with E-state index in [2.05, 4.69) is 29.8 Å². The molecule has 0 aliphatic heterocycles. The Kier molecular flexibility index (Phi) is 5.26. The second kappa shape index (κ2) is 5.99. The Morgan fingerprint density at radius 3 is 2.60 bits per heavy atom. The van der Waals surface area contributed by atoms with Gasteiger partial charge < -0.3 is 10.8 Å². The molecule has 1 heterocycles. The zero-order chi connectivity index (χ0) is 11.4. The quantitative estimate of drug-likeness (QED) is 0.875. The lowest BCUT2D eigenvalue weighted by Gasteiger charge is -2.22. The number of thiophene rings is 1. The Balaban J connectivity index is 2.68. The predicted molar refractivity (Wildman–Crippen MR) is 69.0 cm³/mol. The van der Waals surface area contributed by atoms with Gasteiger partial charge in [-0.15, -0.1) is 11.3 Å². The minimum atomic E-state index is -0.431. The topological polar surface area (TPSA) is 46.2 Å². The highest BCUT2D eigenvalue weighted by Crippen LogP contribution is 2.31. The molecule has 2 unspecified atom stereocenters. The van der Waals surface area contributed by atoms with Crippen LogP contribution >= 0.6 is 27.3 Å². The SMILES string of the molecule is CC(C)CC(CN)C(O)c1csc(Br)c1. The summed E-state index contributed by atoms with van der Waals surface area (Å²) in [5.74, 6) is 0.724. The van der Waals surface area contributed by atoms with Crippen LogP contribution in [0.5, 0.6) is 0 Å². The molecule has 1 aromatic rings. The maximum Gasteiger partial charge on any atom is 0.0838 e. The third-order valence-corrected chi connectivity index (χ3v) is 3.98. The van der Waals surface area contributed by atoms with E-state index in [0.717, 1.165) is 15.8 Å². The Labute approximate surface area is 104 Å². The summed E-state index contributed by atoms with van der Waals surface area (Å²) >= 11 is 4.99. The number of hydrogen-bond acceptors (Lipinski definition) is 3. The standard InChI is InChI=1S/C11H18BrNOS/c1-7(2)3-8(5-13)11(14)9-4-10(12)15-6-9/h4,6-8,11,14H,3,5,13H2,1-2H3. The van der Waals surface area contributed by atoms with Crippen LogP contribution in [-0.4, -0.2) is 11.7 Å². The summed E-state index contributed by atoms with van der Waals surface area (Å²) in [6, 6.07) is 1.97. The summed E-state index contributed by atoms with van der Waals surface area (Å²) in [6.07, 6.45) is 0.533. The second-order valence-corrected chi connectivity index (χ2v) is 6.54. The van der Waals surface area contributed by atoms with Crippen molar-refractivity contribution in [1.29, 1.82) is 0 Å². The minimum Gasteiger partial charge on any atom is -0.388 e. The van der Waals surface area contributed by atoms with Crippen LogP contribution in [0.15, 0.2) is 15.2 Å². The van der Waals surface area contributed by atoms with Crippen molar-refractivity contribution in [3.05, 3.63) is 20.8 Å². The van der Waals surface area contributed by atoms with Crippen LogP contribution in [0.2, 0.25) is 0 Å². The first-order valence-corrected chi connectivity index (χ1v) is 6.84. The molecule has 3 N–H and O–H groups in total. The number of hydrogen-bond donors (Lipinski definition) is 2. The molecule has 2 atom stereocenters. The number of nitrogens with two attached hydrogens (primary N) is 1. The summed E-state index contributed by atoms with van der Waals surface area (Å²) in [6.45, 7) is 4.84. The van der Waals surface area contributed by atoms with Crippen LogP contribution in [0.4, 0.5) is 0 Å². The molecule has 86 valence electrons. The molecule has 0 aliphatic carbocycles. The fourth-order valence-electron chi connectivity index (χ4n) is 1.71. The highest BCUT2D eigenvalue weighted by Gasteiger charge is 2.21. The summed E-state index contributed by atoms with van der Waals surface area (Å²) in [4.78, 5) is 0. The predicted octanol–water partition coefficient (Wildman–Crippen LogP) is 3.17. The van der Waals surface area contributed by atoms with Crippen LogP contribution in [0.3, 0.4) is 0 Å². The molecule has 0 aliphatic rings. The molecule has 0 spiro atoms. The van der Waals surface area contributed by atoms with Gasteiger partial charge in [0, 0.05) is 5.92 Å². The van der Waals surface area contributed by atoms with Gasteiger partial charge in [-0.2, -0.15) is 0 Å². The van der Waals surface area contributed by atoms with Crippen molar-refractivity contribution in [1.82, 2.24) is 0 Å². The fraction of sp³-hybridized carbons (Fsp3) is 0.636. The van der Waals surface area contributed by atoms with Gasteiger partial charge in [0.1, 0.15) is 0 Å². The Hall–Kier alpha value is 0.100. The molecule has 0 fully saturated rings. The lowest BCUT2D eigenvalue weighted by molar-refractivity contribution is 0.0998. The molecule has 2 nitrogen and oxygen atoms in total. The van der Waals surface area contributed by atoms with Gasteiger partial charge in [-0.3, -0.25) is 0 Å². The zero-order valence-corrected chi connectivity index (χ0v) is 11.5. The molecule has 0 bridgehead atoms. The van der Waals surface area contributed by atoms with E-state index < -0.39 is 6.10 Å². The third kappa shape index (κ3) is 3.87. The summed E-state index contributed by atoms with van der Waals surface area (Å²) < 4.78 is 1.05. The summed E-state index contributed by atoms with van der Waals surface area (Å²) in [5, 5.41) is 12.1. The smallest absolute Gasteiger partial charge is 0.0838 e. The molecule has 15 heavy (non-hydrogen) atoms. The van der Waals surface area contributed by atoms with Crippen molar-refractivity contribution in [3.8, 4) is 0 Å². The highest BCUT2D eigenvalue weighted by atomic mass is 79.9. The Morgan fingerprint density at radius 1 is 1.53 bits per heavy atom. The van der Waals surface area contributed by atoms with Crippen LogP contribution in [0.25, 0.3) is 0 Å². The van der Waals surface area contributed by atoms with Crippen LogP contribution in [0, 0.1) is 11.8 Å². The molecule has 0 saturated heterocycles. The highest BCUT2D eigenvalue weighted by molar-refractivity contribution is 9.11. The van der Waals surface area contributed by atoms with E-state index in [1.165, 1.54) is 0 Å². The summed E-state index contributed by atoms with van der Waals surface area (Å²) in [7, 11) is 0. The van der Waals surface area contributed by atoms with E-state index in [4.69, 9.17) is 5.73 Å². The average molecular weight is 292 g/mol. The van der Waals surface area contributed by atoms with Crippen molar-refractivity contribution in [2.75, 3.05) is 6.54 Å². The van der Waals surface area contributed by atoms with E-state index in [0.29, 0.717) is 12.5 Å². The van der Waals surface area contributed by atoms with Crippen LogP contribution < -0.4 is 5.73 Å². The molecular weight excluding hydrogens is 274 g/mol. The zero-order valence-electron chi connectivity index (χ0n) is 9.11. The minimum absolute atomic E-state index is 0.159. The van der Waals surface area contributed by atoms with Crippen molar-refractivity contribution in [2.45, 2.75) is 26.4 Å². The number of rotatable bonds is 5.